The number of nitrogens with zero attached hydrogens (tertiary/aromatic N) is 4. The number of aryl methyl sites for hydroxylation is 2. The van der Waals surface area contributed by atoms with Gasteiger partial charge in [-0.05, 0) is 31.5 Å². The van der Waals surface area contributed by atoms with Crippen molar-refractivity contribution in [3.8, 4) is 0 Å². The minimum absolute atomic E-state index is 0.192. The zero-order chi connectivity index (χ0) is 16.9. The predicted octanol–water partition coefficient (Wildman–Crippen LogP) is 2.70. The summed E-state index contributed by atoms with van der Waals surface area (Å²) < 4.78 is 5.06. The zero-order valence-corrected chi connectivity index (χ0v) is 14.5. The van der Waals surface area contributed by atoms with Crippen LogP contribution in [0.25, 0.3) is 0 Å². The number of hydrogen-bond acceptors (Lipinski definition) is 5. The summed E-state index contributed by atoms with van der Waals surface area (Å²) in [5, 5.41) is 4.49. The van der Waals surface area contributed by atoms with Crippen LogP contribution >= 0.6 is 11.6 Å². The first-order chi connectivity index (χ1) is 11.6. The molecule has 0 saturated carbocycles. The standard InChI is InChI=1S/C17H21ClN4O2/c1-13-19-16(24-20-13)6-3-7-17(23)22-10-8-21(9-11-22)15-5-2-4-14(18)12-15/h2,4-5,12H,3,6-11H2,1H3. The van der Waals surface area contributed by atoms with Gasteiger partial charge in [-0.3, -0.25) is 4.79 Å². The van der Waals surface area contributed by atoms with Crippen molar-refractivity contribution in [2.75, 3.05) is 31.1 Å². The molecule has 1 aliphatic heterocycles. The maximum Gasteiger partial charge on any atom is 0.226 e. The Morgan fingerprint density at radius 2 is 2.08 bits per heavy atom. The van der Waals surface area contributed by atoms with Gasteiger partial charge in [0.25, 0.3) is 0 Å². The van der Waals surface area contributed by atoms with Crippen molar-refractivity contribution in [2.24, 2.45) is 0 Å². The van der Waals surface area contributed by atoms with Crippen molar-refractivity contribution in [1.29, 1.82) is 0 Å². The van der Waals surface area contributed by atoms with Crippen LogP contribution < -0.4 is 4.90 Å². The highest BCUT2D eigenvalue weighted by Gasteiger charge is 2.21. The second-order valence-corrected chi connectivity index (χ2v) is 6.37. The molecular formula is C17H21ClN4O2. The fourth-order valence-corrected chi connectivity index (χ4v) is 3.06. The molecule has 0 aliphatic carbocycles. The van der Waals surface area contributed by atoms with E-state index in [1.807, 2.05) is 23.1 Å². The normalized spacial score (nSPS) is 14.9. The third-order valence-electron chi connectivity index (χ3n) is 4.16. The molecule has 1 fully saturated rings. The van der Waals surface area contributed by atoms with Crippen LogP contribution in [0, 0.1) is 6.92 Å². The van der Waals surface area contributed by atoms with Crippen molar-refractivity contribution in [3.05, 3.63) is 41.0 Å². The first-order valence-electron chi connectivity index (χ1n) is 8.19. The third kappa shape index (κ3) is 4.26. The lowest BCUT2D eigenvalue weighted by molar-refractivity contribution is -0.131. The van der Waals surface area contributed by atoms with Crippen LogP contribution in [0.4, 0.5) is 5.69 Å². The Labute approximate surface area is 146 Å². The molecule has 1 aliphatic rings. The highest BCUT2D eigenvalue weighted by Crippen LogP contribution is 2.21. The fourth-order valence-electron chi connectivity index (χ4n) is 2.88. The molecule has 0 bridgehead atoms. The molecule has 0 unspecified atom stereocenters. The van der Waals surface area contributed by atoms with E-state index in [-0.39, 0.29) is 5.91 Å². The molecule has 0 spiro atoms. The van der Waals surface area contributed by atoms with Gasteiger partial charge in [0.2, 0.25) is 11.8 Å². The van der Waals surface area contributed by atoms with Gasteiger partial charge in [-0.2, -0.15) is 4.98 Å². The van der Waals surface area contributed by atoms with Gasteiger partial charge in [0.1, 0.15) is 0 Å². The van der Waals surface area contributed by atoms with Crippen molar-refractivity contribution in [1.82, 2.24) is 15.0 Å². The molecular weight excluding hydrogens is 328 g/mol. The van der Waals surface area contributed by atoms with Crippen LogP contribution in [-0.4, -0.2) is 47.1 Å². The number of piperazine rings is 1. The topological polar surface area (TPSA) is 62.5 Å². The van der Waals surface area contributed by atoms with Gasteiger partial charge in [0.05, 0.1) is 0 Å². The van der Waals surface area contributed by atoms with Crippen LogP contribution in [-0.2, 0) is 11.2 Å². The average Bonchev–Trinajstić information content (AvgIpc) is 3.00. The SMILES string of the molecule is Cc1noc(CCCC(=O)N2CCN(c3cccc(Cl)c3)CC2)n1. The van der Waals surface area contributed by atoms with Gasteiger partial charge < -0.3 is 14.3 Å². The van der Waals surface area contributed by atoms with Crippen molar-refractivity contribution in [2.45, 2.75) is 26.2 Å². The van der Waals surface area contributed by atoms with Gasteiger partial charge in [-0.1, -0.05) is 22.8 Å². The lowest BCUT2D eigenvalue weighted by atomic mass is 10.2. The van der Waals surface area contributed by atoms with Crippen molar-refractivity contribution >= 4 is 23.2 Å². The van der Waals surface area contributed by atoms with Crippen LogP contribution in [0.1, 0.15) is 24.6 Å². The monoisotopic (exact) mass is 348 g/mol. The Morgan fingerprint density at radius 1 is 1.29 bits per heavy atom. The van der Waals surface area contributed by atoms with Gasteiger partial charge in [0.15, 0.2) is 5.82 Å². The number of aromatic nitrogens is 2. The van der Waals surface area contributed by atoms with Gasteiger partial charge >= 0.3 is 0 Å². The van der Waals surface area contributed by atoms with E-state index in [0.717, 1.165) is 43.3 Å². The molecule has 0 radical (unpaired) electrons. The molecule has 1 aromatic carbocycles. The van der Waals surface area contributed by atoms with E-state index in [0.29, 0.717) is 24.6 Å². The lowest BCUT2D eigenvalue weighted by Gasteiger charge is -2.36. The summed E-state index contributed by atoms with van der Waals surface area (Å²) in [7, 11) is 0. The maximum absolute atomic E-state index is 12.3. The molecule has 2 aromatic rings. The van der Waals surface area contributed by atoms with Crippen molar-refractivity contribution in [3.63, 3.8) is 0 Å². The van der Waals surface area contributed by atoms with Crippen LogP contribution in [0.5, 0.6) is 0 Å². The Balaban J connectivity index is 1.43. The Bertz CT molecular complexity index is 695. The quantitative estimate of drug-likeness (QED) is 0.831. The van der Waals surface area contributed by atoms with E-state index in [9.17, 15) is 4.79 Å². The highest BCUT2D eigenvalue weighted by molar-refractivity contribution is 6.30. The van der Waals surface area contributed by atoms with E-state index < -0.39 is 0 Å². The predicted molar refractivity (Wildman–Crippen MR) is 92.2 cm³/mol. The number of hydrogen-bond donors (Lipinski definition) is 0. The van der Waals surface area contributed by atoms with Crippen LogP contribution in [0.2, 0.25) is 5.02 Å². The Kier molecular flexibility index (Phi) is 5.35. The lowest BCUT2D eigenvalue weighted by Crippen LogP contribution is -2.48. The first kappa shape index (κ1) is 16.8. The summed E-state index contributed by atoms with van der Waals surface area (Å²) in [5.74, 6) is 1.43. The van der Waals surface area contributed by atoms with Crippen molar-refractivity contribution < 1.29 is 9.32 Å². The molecule has 24 heavy (non-hydrogen) atoms. The molecule has 3 rings (SSSR count). The molecule has 1 aromatic heterocycles. The summed E-state index contributed by atoms with van der Waals surface area (Å²) in [6.07, 6.45) is 1.89. The van der Waals surface area contributed by atoms with Gasteiger partial charge in [0, 0.05) is 49.7 Å². The van der Waals surface area contributed by atoms with E-state index >= 15 is 0 Å². The molecule has 2 heterocycles. The van der Waals surface area contributed by atoms with Crippen LogP contribution in [0.3, 0.4) is 0 Å². The largest absolute Gasteiger partial charge is 0.368 e. The minimum atomic E-state index is 0.192. The zero-order valence-electron chi connectivity index (χ0n) is 13.7. The first-order valence-corrected chi connectivity index (χ1v) is 8.57. The molecule has 0 atom stereocenters. The second-order valence-electron chi connectivity index (χ2n) is 5.94. The Hall–Kier alpha value is -2.08. The second kappa shape index (κ2) is 7.66. The summed E-state index contributed by atoms with van der Waals surface area (Å²) in [6, 6.07) is 7.84. The molecule has 1 amide bonds. The number of rotatable bonds is 5. The highest BCUT2D eigenvalue weighted by atomic mass is 35.5. The Morgan fingerprint density at radius 3 is 2.75 bits per heavy atom. The summed E-state index contributed by atoms with van der Waals surface area (Å²) in [5.41, 5.74) is 1.11. The third-order valence-corrected chi connectivity index (χ3v) is 4.39. The average molecular weight is 349 g/mol. The van der Waals surface area contributed by atoms with E-state index in [2.05, 4.69) is 21.1 Å². The number of carbonyl (C=O) groups excluding carboxylic acids is 1. The number of halogens is 1. The molecule has 7 heteroatoms. The molecule has 0 N–H and O–H groups in total. The number of carbonyl (C=O) groups is 1. The van der Waals surface area contributed by atoms with Crippen LogP contribution in [0.15, 0.2) is 28.8 Å². The molecule has 128 valence electrons. The molecule has 6 nitrogen and oxygen atoms in total. The van der Waals surface area contributed by atoms with E-state index in [4.69, 9.17) is 16.1 Å². The molecule has 1 saturated heterocycles. The van der Waals surface area contributed by atoms with Gasteiger partial charge in [-0.25, -0.2) is 0 Å². The van der Waals surface area contributed by atoms with E-state index in [1.54, 1.807) is 6.92 Å². The minimum Gasteiger partial charge on any atom is -0.368 e. The summed E-state index contributed by atoms with van der Waals surface area (Å²) >= 11 is 6.04. The van der Waals surface area contributed by atoms with Gasteiger partial charge in [-0.15, -0.1) is 0 Å². The fraction of sp³-hybridized carbons (Fsp3) is 0.471. The number of amides is 1. The number of benzene rings is 1. The van der Waals surface area contributed by atoms with E-state index in [1.165, 1.54) is 0 Å². The summed E-state index contributed by atoms with van der Waals surface area (Å²) in [4.78, 5) is 20.7. The number of anilines is 1. The smallest absolute Gasteiger partial charge is 0.226 e. The maximum atomic E-state index is 12.3. The summed E-state index contributed by atoms with van der Waals surface area (Å²) in [6.45, 7) is 4.93.